The van der Waals surface area contributed by atoms with E-state index in [1.807, 2.05) is 13.8 Å². The van der Waals surface area contributed by atoms with Crippen molar-refractivity contribution in [3.63, 3.8) is 0 Å². The molecule has 23 heavy (non-hydrogen) atoms. The molecule has 1 heterocycles. The molecule has 0 aromatic rings. The smallest absolute Gasteiger partial charge is 0.396 e. The molecule has 7 heteroatoms. The van der Waals surface area contributed by atoms with Gasteiger partial charge in [-0.15, -0.1) is 0 Å². The van der Waals surface area contributed by atoms with Crippen molar-refractivity contribution in [2.24, 2.45) is 5.92 Å². The van der Waals surface area contributed by atoms with Crippen molar-refractivity contribution >= 4 is 11.9 Å². The van der Waals surface area contributed by atoms with Gasteiger partial charge in [-0.3, -0.25) is 9.59 Å². The molecule has 0 saturated carbocycles. The third-order valence-electron chi connectivity index (χ3n) is 3.57. The van der Waals surface area contributed by atoms with Crippen LogP contribution < -0.4 is 0 Å². The van der Waals surface area contributed by atoms with Gasteiger partial charge >= 0.3 is 17.9 Å². The highest BCUT2D eigenvalue weighted by atomic mass is 16.9. The molecule has 0 spiro atoms. The number of carbonyl (C=O) groups is 2. The number of cyclic esters (lactones) is 2. The van der Waals surface area contributed by atoms with Crippen LogP contribution in [0.1, 0.15) is 52.4 Å². The molecule has 1 aliphatic heterocycles. The lowest BCUT2D eigenvalue weighted by molar-refractivity contribution is -0.342. The Labute approximate surface area is 137 Å². The van der Waals surface area contributed by atoms with Gasteiger partial charge in [-0.25, -0.2) is 0 Å². The Hall–Kier alpha value is -1.18. The monoisotopic (exact) mass is 332 g/mol. The van der Waals surface area contributed by atoms with Crippen LogP contribution in [0.5, 0.6) is 0 Å². The van der Waals surface area contributed by atoms with Crippen molar-refractivity contribution in [2.75, 3.05) is 26.4 Å². The summed E-state index contributed by atoms with van der Waals surface area (Å²) in [4.78, 5) is 23.9. The van der Waals surface area contributed by atoms with E-state index in [4.69, 9.17) is 18.9 Å². The largest absolute Gasteiger partial charge is 0.398 e. The van der Waals surface area contributed by atoms with Crippen molar-refractivity contribution < 1.29 is 33.6 Å². The van der Waals surface area contributed by atoms with Crippen LogP contribution in [-0.2, 0) is 28.5 Å². The van der Waals surface area contributed by atoms with Crippen LogP contribution in [0.4, 0.5) is 0 Å². The number of carbonyl (C=O) groups excluding carboxylic acids is 2. The quantitative estimate of drug-likeness (QED) is 0.508. The predicted octanol–water partition coefficient (Wildman–Crippen LogP) is 1.76. The second-order valence-electron chi connectivity index (χ2n) is 5.59. The maximum atomic E-state index is 12.2. The van der Waals surface area contributed by atoms with Crippen LogP contribution in [0.3, 0.4) is 0 Å². The summed E-state index contributed by atoms with van der Waals surface area (Å²) in [6, 6.07) is 0. The molecular weight excluding hydrogens is 304 g/mol. The second kappa shape index (κ2) is 10.6. The minimum Gasteiger partial charge on any atom is -0.396 e. The number of hydrogen-bond acceptors (Lipinski definition) is 7. The zero-order valence-electron chi connectivity index (χ0n) is 14.0. The normalized spacial score (nSPS) is 26.0. The molecule has 1 saturated heterocycles. The van der Waals surface area contributed by atoms with E-state index >= 15 is 0 Å². The first-order valence-electron chi connectivity index (χ1n) is 8.33. The molecule has 1 N–H and O–H groups in total. The minimum atomic E-state index is -2.37. The van der Waals surface area contributed by atoms with E-state index in [-0.39, 0.29) is 18.9 Å². The van der Waals surface area contributed by atoms with Crippen LogP contribution in [0.2, 0.25) is 0 Å². The third-order valence-corrected chi connectivity index (χ3v) is 3.57. The van der Waals surface area contributed by atoms with Gasteiger partial charge in [-0.1, -0.05) is 19.8 Å². The SMILES string of the molecule is CCCCC1CCCC(=O)OC(O)(COCCOCC)OC1=O. The molecule has 7 nitrogen and oxygen atoms in total. The lowest BCUT2D eigenvalue weighted by Gasteiger charge is -2.27. The Bertz CT molecular complexity index is 371. The van der Waals surface area contributed by atoms with Gasteiger partial charge in [0.2, 0.25) is 0 Å². The average molecular weight is 332 g/mol. The molecule has 1 rings (SSSR count). The van der Waals surface area contributed by atoms with E-state index in [9.17, 15) is 14.7 Å². The van der Waals surface area contributed by atoms with Crippen molar-refractivity contribution in [3.05, 3.63) is 0 Å². The van der Waals surface area contributed by atoms with Crippen molar-refractivity contribution in [1.29, 1.82) is 0 Å². The molecular formula is C16H28O7. The first-order valence-corrected chi connectivity index (χ1v) is 8.33. The van der Waals surface area contributed by atoms with E-state index in [0.717, 1.165) is 12.8 Å². The van der Waals surface area contributed by atoms with Crippen LogP contribution in [0, 0.1) is 5.92 Å². The summed E-state index contributed by atoms with van der Waals surface area (Å²) < 4.78 is 20.3. The maximum absolute atomic E-state index is 12.2. The summed E-state index contributed by atoms with van der Waals surface area (Å²) in [5.74, 6) is -3.86. The van der Waals surface area contributed by atoms with E-state index in [0.29, 0.717) is 32.5 Å². The zero-order chi connectivity index (χ0) is 17.1. The Morgan fingerprint density at radius 2 is 1.96 bits per heavy atom. The van der Waals surface area contributed by atoms with E-state index in [1.165, 1.54) is 0 Å². The van der Waals surface area contributed by atoms with Crippen molar-refractivity contribution in [3.8, 4) is 0 Å². The van der Waals surface area contributed by atoms with E-state index in [1.54, 1.807) is 0 Å². The lowest BCUT2D eigenvalue weighted by atomic mass is 9.96. The molecule has 2 unspecified atom stereocenters. The first kappa shape index (κ1) is 19.9. The Balaban J connectivity index is 2.62. The summed E-state index contributed by atoms with van der Waals surface area (Å²) in [6.07, 6.45) is 3.74. The molecule has 2 atom stereocenters. The molecule has 1 fully saturated rings. The van der Waals surface area contributed by atoms with Gasteiger partial charge < -0.3 is 24.1 Å². The summed E-state index contributed by atoms with van der Waals surface area (Å²) >= 11 is 0. The average Bonchev–Trinajstić information content (AvgIpc) is 2.54. The molecule has 0 amide bonds. The van der Waals surface area contributed by atoms with Gasteiger partial charge in [-0.05, 0) is 26.2 Å². The number of hydrogen-bond donors (Lipinski definition) is 1. The molecule has 0 aromatic carbocycles. The minimum absolute atomic E-state index is 0.139. The molecule has 1 aliphatic rings. The fraction of sp³-hybridized carbons (Fsp3) is 0.875. The highest BCUT2D eigenvalue weighted by Crippen LogP contribution is 2.24. The number of esters is 2. The van der Waals surface area contributed by atoms with E-state index in [2.05, 4.69) is 0 Å². The number of ether oxygens (including phenoxy) is 4. The summed E-state index contributed by atoms with van der Waals surface area (Å²) in [5, 5.41) is 10.3. The van der Waals surface area contributed by atoms with Crippen molar-refractivity contribution in [2.45, 2.75) is 58.3 Å². The zero-order valence-corrected chi connectivity index (χ0v) is 14.0. The fourth-order valence-electron chi connectivity index (χ4n) is 2.34. The fourth-order valence-corrected chi connectivity index (χ4v) is 2.34. The second-order valence-corrected chi connectivity index (χ2v) is 5.59. The predicted molar refractivity (Wildman–Crippen MR) is 81.3 cm³/mol. The summed E-state index contributed by atoms with van der Waals surface area (Å²) in [6.45, 7) is 4.55. The van der Waals surface area contributed by atoms with Crippen LogP contribution in [0.15, 0.2) is 0 Å². The van der Waals surface area contributed by atoms with Gasteiger partial charge in [0, 0.05) is 13.0 Å². The van der Waals surface area contributed by atoms with Gasteiger partial charge in [-0.2, -0.15) is 0 Å². The van der Waals surface area contributed by atoms with Crippen LogP contribution >= 0.6 is 0 Å². The summed E-state index contributed by atoms with van der Waals surface area (Å²) in [5.41, 5.74) is 0. The molecule has 134 valence electrons. The Morgan fingerprint density at radius 1 is 1.22 bits per heavy atom. The highest BCUT2D eigenvalue weighted by Gasteiger charge is 2.40. The third kappa shape index (κ3) is 7.76. The lowest BCUT2D eigenvalue weighted by Crippen LogP contribution is -2.45. The van der Waals surface area contributed by atoms with E-state index < -0.39 is 24.5 Å². The van der Waals surface area contributed by atoms with Gasteiger partial charge in [0.25, 0.3) is 0 Å². The Kier molecular flexibility index (Phi) is 9.13. The maximum Gasteiger partial charge on any atom is 0.398 e. The molecule has 0 aromatic heterocycles. The number of unbranched alkanes of at least 4 members (excludes halogenated alkanes) is 1. The van der Waals surface area contributed by atoms with Crippen LogP contribution in [-0.4, -0.2) is 49.4 Å². The van der Waals surface area contributed by atoms with Crippen molar-refractivity contribution in [1.82, 2.24) is 0 Å². The highest BCUT2D eigenvalue weighted by molar-refractivity contribution is 5.74. The van der Waals surface area contributed by atoms with Crippen LogP contribution in [0.25, 0.3) is 0 Å². The molecule has 0 bridgehead atoms. The number of rotatable bonds is 9. The molecule has 0 radical (unpaired) electrons. The van der Waals surface area contributed by atoms with Gasteiger partial charge in [0.15, 0.2) is 6.61 Å². The van der Waals surface area contributed by atoms with Gasteiger partial charge in [0.1, 0.15) is 0 Å². The van der Waals surface area contributed by atoms with Gasteiger partial charge in [0.05, 0.1) is 19.1 Å². The number of aliphatic hydroxyl groups is 1. The first-order chi connectivity index (χ1) is 11.0. The Morgan fingerprint density at radius 3 is 2.65 bits per heavy atom. The standard InChI is InChI=1S/C16H28O7/c1-3-5-7-13-8-6-9-14(17)22-16(19,23-15(13)18)12-21-11-10-20-4-2/h13,19H,3-12H2,1-2H3. The summed E-state index contributed by atoms with van der Waals surface area (Å²) in [7, 11) is 0. The molecule has 0 aliphatic carbocycles. The topological polar surface area (TPSA) is 91.3 Å².